The molecule has 3 aromatic carbocycles. The molecule has 0 bridgehead atoms. The monoisotopic (exact) mass is 526 g/mol. The zero-order chi connectivity index (χ0) is 24.0. The van der Waals surface area contributed by atoms with Crippen LogP contribution in [-0.2, 0) is 21.2 Å². The minimum atomic E-state index is -4.09. The number of carbonyl (C=O) groups excluding carboxylic acids is 1. The molecular weight excluding hydrogens is 507 g/mol. The summed E-state index contributed by atoms with van der Waals surface area (Å²) in [6.07, 6.45) is 0.116. The minimum Gasteiger partial charge on any atom is -0.492 e. The van der Waals surface area contributed by atoms with E-state index in [1.165, 1.54) is 36.4 Å². The Morgan fingerprint density at radius 3 is 2.24 bits per heavy atom. The number of ether oxygens (including phenoxy) is 1. The lowest BCUT2D eigenvalue weighted by Crippen LogP contribution is -2.45. The van der Waals surface area contributed by atoms with Crippen LogP contribution in [0.3, 0.4) is 0 Å². The van der Waals surface area contributed by atoms with Gasteiger partial charge < -0.3 is 10.1 Å². The Bertz CT molecular complexity index is 1220. The zero-order valence-corrected chi connectivity index (χ0v) is 20.6. The van der Waals surface area contributed by atoms with Gasteiger partial charge in [0.05, 0.1) is 16.5 Å². The maximum Gasteiger partial charge on any atom is 0.242 e. The molecular formula is C23H21Cl3N2O4S. The molecule has 0 fully saturated rings. The number of amides is 1. The third-order valence-electron chi connectivity index (χ3n) is 4.54. The van der Waals surface area contributed by atoms with Crippen molar-refractivity contribution in [2.24, 2.45) is 0 Å². The average molecular weight is 528 g/mol. The molecule has 10 heteroatoms. The number of carbonyl (C=O) groups is 1. The molecule has 0 aliphatic carbocycles. The van der Waals surface area contributed by atoms with E-state index in [1.54, 1.807) is 19.1 Å². The van der Waals surface area contributed by atoms with E-state index >= 15 is 0 Å². The summed E-state index contributed by atoms with van der Waals surface area (Å²) in [6.45, 7) is 2.18. The number of sulfonamides is 1. The highest BCUT2D eigenvalue weighted by Crippen LogP contribution is 2.28. The van der Waals surface area contributed by atoms with E-state index in [9.17, 15) is 13.2 Å². The summed E-state index contributed by atoms with van der Waals surface area (Å²) in [4.78, 5) is 13.0. The van der Waals surface area contributed by atoms with Gasteiger partial charge in [0.15, 0.2) is 0 Å². The fourth-order valence-electron chi connectivity index (χ4n) is 3.07. The topological polar surface area (TPSA) is 84.5 Å². The molecule has 33 heavy (non-hydrogen) atoms. The summed E-state index contributed by atoms with van der Waals surface area (Å²) in [6, 6.07) is 16.6. The Balaban J connectivity index is 1.88. The van der Waals surface area contributed by atoms with Gasteiger partial charge in [-0.3, -0.25) is 4.79 Å². The molecule has 2 N–H and O–H groups in total. The van der Waals surface area contributed by atoms with Crippen LogP contribution >= 0.6 is 34.8 Å². The van der Waals surface area contributed by atoms with Crippen molar-refractivity contribution < 1.29 is 17.9 Å². The first-order valence-corrected chi connectivity index (χ1v) is 12.5. The molecule has 174 valence electrons. The van der Waals surface area contributed by atoms with Crippen LogP contribution in [0, 0.1) is 0 Å². The van der Waals surface area contributed by atoms with Gasteiger partial charge >= 0.3 is 0 Å². The molecule has 0 saturated carbocycles. The lowest BCUT2D eigenvalue weighted by Gasteiger charge is -2.19. The Kier molecular flexibility index (Phi) is 8.62. The molecule has 0 radical (unpaired) electrons. The molecule has 3 rings (SSSR count). The molecule has 0 aliphatic heterocycles. The maximum atomic E-state index is 13.1. The van der Waals surface area contributed by atoms with Crippen LogP contribution in [-0.4, -0.2) is 27.0 Å². The highest BCUT2D eigenvalue weighted by Gasteiger charge is 2.27. The first-order chi connectivity index (χ1) is 15.7. The van der Waals surface area contributed by atoms with E-state index in [0.29, 0.717) is 28.1 Å². The maximum absolute atomic E-state index is 13.1. The summed E-state index contributed by atoms with van der Waals surface area (Å²) in [5, 5.41) is 3.50. The Hall–Kier alpha value is -2.29. The quantitative estimate of drug-likeness (QED) is 0.381. The van der Waals surface area contributed by atoms with Gasteiger partial charge in [-0.1, -0.05) is 65.1 Å². The van der Waals surface area contributed by atoms with E-state index in [4.69, 9.17) is 39.5 Å². The van der Waals surface area contributed by atoms with E-state index in [0.717, 1.165) is 5.56 Å². The van der Waals surface area contributed by atoms with Gasteiger partial charge in [-0.15, -0.1) is 0 Å². The molecule has 0 aromatic heterocycles. The molecule has 1 amide bonds. The van der Waals surface area contributed by atoms with Crippen molar-refractivity contribution in [1.29, 1.82) is 0 Å². The largest absolute Gasteiger partial charge is 0.492 e. The van der Waals surface area contributed by atoms with Crippen molar-refractivity contribution in [3.8, 4) is 5.75 Å². The Morgan fingerprint density at radius 2 is 1.64 bits per heavy atom. The molecule has 0 spiro atoms. The van der Waals surface area contributed by atoms with E-state index in [1.807, 2.05) is 18.2 Å². The fourth-order valence-corrected chi connectivity index (χ4v) is 5.12. The van der Waals surface area contributed by atoms with Gasteiger partial charge in [0, 0.05) is 15.7 Å². The minimum absolute atomic E-state index is 0.0902. The molecule has 6 nitrogen and oxygen atoms in total. The normalized spacial score (nSPS) is 12.2. The summed E-state index contributed by atoms with van der Waals surface area (Å²) in [5.74, 6) is -0.202. The molecule has 0 heterocycles. The lowest BCUT2D eigenvalue weighted by atomic mass is 10.1. The fraction of sp³-hybridized carbons (Fsp3) is 0.174. The number of halogens is 3. The number of hydrogen-bond donors (Lipinski definition) is 2. The summed E-state index contributed by atoms with van der Waals surface area (Å²) >= 11 is 18.2. The van der Waals surface area contributed by atoms with Gasteiger partial charge in [-0.05, 0) is 55.3 Å². The first kappa shape index (κ1) is 25.3. The highest BCUT2D eigenvalue weighted by atomic mass is 35.5. The zero-order valence-electron chi connectivity index (χ0n) is 17.5. The van der Waals surface area contributed by atoms with Crippen LogP contribution in [0.5, 0.6) is 5.75 Å². The van der Waals surface area contributed by atoms with Crippen molar-refractivity contribution in [3.63, 3.8) is 0 Å². The number of nitrogens with one attached hydrogen (secondary N) is 2. The molecule has 1 atom stereocenters. The predicted molar refractivity (Wildman–Crippen MR) is 132 cm³/mol. The molecule has 0 aliphatic rings. The van der Waals surface area contributed by atoms with Crippen LogP contribution in [0.25, 0.3) is 0 Å². The SMILES string of the molecule is CCOc1ccc(S(=O)(=O)N[C@H](Cc2ccccc2)C(=O)Nc2cc(Cl)cc(Cl)c2)cc1Cl. The summed E-state index contributed by atoms with van der Waals surface area (Å²) in [5.41, 5.74) is 1.12. The second-order valence-corrected chi connectivity index (χ2v) is 10.0. The number of hydrogen-bond acceptors (Lipinski definition) is 4. The smallest absolute Gasteiger partial charge is 0.242 e. The second kappa shape index (κ2) is 11.2. The third kappa shape index (κ3) is 7.09. The van der Waals surface area contributed by atoms with Crippen molar-refractivity contribution >= 4 is 56.4 Å². The van der Waals surface area contributed by atoms with Gasteiger partial charge in [-0.25, -0.2) is 8.42 Å². The van der Waals surface area contributed by atoms with Crippen LogP contribution in [0.1, 0.15) is 12.5 Å². The van der Waals surface area contributed by atoms with Crippen molar-refractivity contribution in [3.05, 3.63) is 87.4 Å². The molecule has 0 saturated heterocycles. The lowest BCUT2D eigenvalue weighted by molar-refractivity contribution is -0.117. The molecule has 3 aromatic rings. The van der Waals surface area contributed by atoms with Crippen molar-refractivity contribution in [1.82, 2.24) is 4.72 Å². The first-order valence-electron chi connectivity index (χ1n) is 9.93. The number of benzene rings is 3. The van der Waals surface area contributed by atoms with Crippen LogP contribution in [0.15, 0.2) is 71.6 Å². The number of rotatable bonds is 9. The van der Waals surface area contributed by atoms with Crippen LogP contribution in [0.4, 0.5) is 5.69 Å². The van der Waals surface area contributed by atoms with Gasteiger partial charge in [0.25, 0.3) is 0 Å². The van der Waals surface area contributed by atoms with Gasteiger partial charge in [-0.2, -0.15) is 4.72 Å². The summed E-state index contributed by atoms with van der Waals surface area (Å²) in [7, 11) is -4.09. The van der Waals surface area contributed by atoms with Crippen LogP contribution in [0.2, 0.25) is 15.1 Å². The third-order valence-corrected chi connectivity index (χ3v) is 6.74. The standard InChI is InChI=1S/C23H21Cl3N2O4S/c1-2-32-22-9-8-19(14-20(22)26)33(30,31)28-21(10-15-6-4-3-5-7-15)23(29)27-18-12-16(24)11-17(25)13-18/h3-9,11-14,21,28H,2,10H2,1H3,(H,27,29)/t21-/m1/s1. The second-order valence-electron chi connectivity index (χ2n) is 7.04. The van der Waals surface area contributed by atoms with Gasteiger partial charge in [0.2, 0.25) is 15.9 Å². The van der Waals surface area contributed by atoms with E-state index in [2.05, 4.69) is 10.0 Å². The average Bonchev–Trinajstić information content (AvgIpc) is 2.74. The van der Waals surface area contributed by atoms with E-state index in [-0.39, 0.29) is 16.3 Å². The highest BCUT2D eigenvalue weighted by molar-refractivity contribution is 7.89. The van der Waals surface area contributed by atoms with Crippen molar-refractivity contribution in [2.75, 3.05) is 11.9 Å². The predicted octanol–water partition coefficient (Wildman–Crippen LogP) is 5.57. The van der Waals surface area contributed by atoms with Crippen LogP contribution < -0.4 is 14.8 Å². The van der Waals surface area contributed by atoms with Crippen molar-refractivity contribution in [2.45, 2.75) is 24.3 Å². The number of anilines is 1. The summed E-state index contributed by atoms with van der Waals surface area (Å²) < 4.78 is 34.0. The van der Waals surface area contributed by atoms with Gasteiger partial charge in [0.1, 0.15) is 11.8 Å². The molecule has 0 unspecified atom stereocenters. The van der Waals surface area contributed by atoms with E-state index < -0.39 is 22.0 Å². The Morgan fingerprint density at radius 1 is 0.970 bits per heavy atom. The Labute approximate surface area is 207 Å².